The van der Waals surface area contributed by atoms with Gasteiger partial charge in [-0.2, -0.15) is 5.10 Å². The summed E-state index contributed by atoms with van der Waals surface area (Å²) in [5, 5.41) is 24.5. The van der Waals surface area contributed by atoms with Crippen molar-refractivity contribution in [1.82, 2.24) is 14.3 Å². The summed E-state index contributed by atoms with van der Waals surface area (Å²) in [5.41, 5.74) is 2.72. The lowest BCUT2D eigenvalue weighted by Crippen LogP contribution is -2.43. The maximum Gasteiger partial charge on any atom is 0.250 e. The SMILES string of the molecule is CC(C)C(=N)n1cc(Sc2ccc(CC(=O)Nc3cc(C(C)(C)C)nn3-c3ccc(O[Si](C)(C)C(C)(C)C)cc3)cc2)ccc1=N. The lowest BCUT2D eigenvalue weighted by atomic mass is 9.92. The van der Waals surface area contributed by atoms with Crippen LogP contribution >= 0.6 is 11.8 Å². The average molecular weight is 657 g/mol. The Kier molecular flexibility index (Phi) is 10.2. The van der Waals surface area contributed by atoms with Gasteiger partial charge in [0.2, 0.25) is 14.2 Å². The number of rotatable bonds is 9. The third-order valence-corrected chi connectivity index (χ3v) is 13.6. The minimum Gasteiger partial charge on any atom is -0.544 e. The molecule has 10 heteroatoms. The number of amides is 1. The third-order valence-electron chi connectivity index (χ3n) is 8.26. The van der Waals surface area contributed by atoms with Gasteiger partial charge in [-0.15, -0.1) is 0 Å². The van der Waals surface area contributed by atoms with Gasteiger partial charge in [-0.1, -0.05) is 79.3 Å². The second kappa shape index (κ2) is 13.5. The molecule has 0 unspecified atom stereocenters. The number of hydrogen-bond acceptors (Lipinski definition) is 6. The van der Waals surface area contributed by atoms with E-state index in [1.165, 1.54) is 0 Å². The Balaban J connectivity index is 1.48. The maximum absolute atomic E-state index is 13.3. The molecule has 0 atom stereocenters. The molecule has 0 aliphatic carbocycles. The predicted octanol–water partition coefficient (Wildman–Crippen LogP) is 8.65. The van der Waals surface area contributed by atoms with Gasteiger partial charge in [-0.05, 0) is 72.2 Å². The zero-order valence-corrected chi connectivity index (χ0v) is 30.6. The van der Waals surface area contributed by atoms with E-state index in [1.807, 2.05) is 80.7 Å². The average Bonchev–Trinajstić information content (AvgIpc) is 3.38. The summed E-state index contributed by atoms with van der Waals surface area (Å²) in [6.45, 7) is 21.4. The molecule has 0 aliphatic rings. The molecule has 0 aliphatic heterocycles. The van der Waals surface area contributed by atoms with E-state index in [4.69, 9.17) is 20.3 Å². The Bertz CT molecular complexity index is 1760. The normalized spacial score (nSPS) is 12.3. The molecule has 8 nitrogen and oxygen atoms in total. The number of nitrogens with zero attached hydrogens (tertiary/aromatic N) is 3. The summed E-state index contributed by atoms with van der Waals surface area (Å²) in [6, 6.07) is 21.4. The van der Waals surface area contributed by atoms with Crippen LogP contribution in [0.4, 0.5) is 5.82 Å². The molecule has 2 aromatic heterocycles. The maximum atomic E-state index is 13.3. The van der Waals surface area contributed by atoms with Crippen molar-refractivity contribution in [2.75, 3.05) is 5.32 Å². The molecule has 0 radical (unpaired) electrons. The van der Waals surface area contributed by atoms with E-state index in [2.05, 4.69) is 60.0 Å². The van der Waals surface area contributed by atoms with Gasteiger partial charge in [0.05, 0.1) is 17.8 Å². The van der Waals surface area contributed by atoms with Crippen LogP contribution in [-0.2, 0) is 16.6 Å². The number of carbonyl (C=O) groups is 1. The van der Waals surface area contributed by atoms with E-state index >= 15 is 0 Å². The van der Waals surface area contributed by atoms with Crippen LogP contribution in [0.3, 0.4) is 0 Å². The topological polar surface area (TPSA) is 109 Å². The van der Waals surface area contributed by atoms with Crippen molar-refractivity contribution < 1.29 is 9.22 Å². The lowest BCUT2D eigenvalue weighted by Gasteiger charge is -2.36. The zero-order valence-electron chi connectivity index (χ0n) is 28.8. The fraction of sp³-hybridized carbons (Fsp3) is 0.389. The minimum absolute atomic E-state index is 0.0194. The Morgan fingerprint density at radius 1 is 0.957 bits per heavy atom. The molecular weight excluding hydrogens is 609 g/mol. The summed E-state index contributed by atoms with van der Waals surface area (Å²) in [4.78, 5) is 15.2. The van der Waals surface area contributed by atoms with Crippen LogP contribution < -0.4 is 15.2 Å². The van der Waals surface area contributed by atoms with Gasteiger partial charge >= 0.3 is 0 Å². The van der Waals surface area contributed by atoms with Crippen LogP contribution in [0.2, 0.25) is 18.1 Å². The van der Waals surface area contributed by atoms with Gasteiger partial charge in [0, 0.05) is 33.4 Å². The molecule has 0 saturated heterocycles. The summed E-state index contributed by atoms with van der Waals surface area (Å²) >= 11 is 1.56. The van der Waals surface area contributed by atoms with E-state index in [0.717, 1.165) is 32.5 Å². The highest BCUT2D eigenvalue weighted by atomic mass is 32.2. The molecule has 2 heterocycles. The quantitative estimate of drug-likeness (QED) is 0.0952. The molecular formula is C36H48N6O2SSi. The molecule has 0 fully saturated rings. The van der Waals surface area contributed by atoms with Gasteiger partial charge in [-0.3, -0.25) is 20.2 Å². The summed E-state index contributed by atoms with van der Waals surface area (Å²) in [6.07, 6.45) is 2.06. The first-order valence-corrected chi connectivity index (χ1v) is 19.4. The molecule has 4 rings (SSSR count). The van der Waals surface area contributed by atoms with Gasteiger partial charge in [0.15, 0.2) is 0 Å². The van der Waals surface area contributed by atoms with Crippen LogP contribution in [0.1, 0.15) is 66.6 Å². The van der Waals surface area contributed by atoms with E-state index in [1.54, 1.807) is 27.1 Å². The van der Waals surface area contributed by atoms with Crippen LogP contribution in [0.5, 0.6) is 5.75 Å². The molecule has 244 valence electrons. The lowest BCUT2D eigenvalue weighted by molar-refractivity contribution is -0.115. The highest BCUT2D eigenvalue weighted by Crippen LogP contribution is 2.37. The Labute approximate surface area is 278 Å². The predicted molar refractivity (Wildman–Crippen MR) is 191 cm³/mol. The van der Waals surface area contributed by atoms with Gasteiger partial charge in [0.1, 0.15) is 22.9 Å². The van der Waals surface area contributed by atoms with Gasteiger partial charge < -0.3 is 9.74 Å². The monoisotopic (exact) mass is 656 g/mol. The first kappa shape index (κ1) is 35.0. The van der Waals surface area contributed by atoms with E-state index in [9.17, 15) is 4.79 Å². The molecule has 0 saturated carbocycles. The van der Waals surface area contributed by atoms with Crippen molar-refractivity contribution in [2.24, 2.45) is 5.92 Å². The number of hydrogen-bond donors (Lipinski definition) is 3. The Hall–Kier alpha value is -3.89. The fourth-order valence-electron chi connectivity index (χ4n) is 4.34. The van der Waals surface area contributed by atoms with E-state index in [0.29, 0.717) is 11.7 Å². The Morgan fingerprint density at radius 3 is 2.13 bits per heavy atom. The van der Waals surface area contributed by atoms with Crippen LogP contribution in [-0.4, -0.2) is 34.4 Å². The van der Waals surface area contributed by atoms with Crippen molar-refractivity contribution in [2.45, 2.75) is 95.1 Å². The van der Waals surface area contributed by atoms with Gasteiger partial charge in [0.25, 0.3) is 0 Å². The van der Waals surface area contributed by atoms with E-state index < -0.39 is 8.32 Å². The van der Waals surface area contributed by atoms with Crippen molar-refractivity contribution in [1.29, 1.82) is 10.8 Å². The van der Waals surface area contributed by atoms with Crippen molar-refractivity contribution in [3.63, 3.8) is 0 Å². The van der Waals surface area contributed by atoms with Crippen LogP contribution in [0.15, 0.2) is 82.7 Å². The Morgan fingerprint density at radius 2 is 1.57 bits per heavy atom. The molecule has 0 bridgehead atoms. The number of aromatic nitrogens is 3. The summed E-state index contributed by atoms with van der Waals surface area (Å²) < 4.78 is 9.87. The standard InChI is InChI=1S/C36H48N6O2SSi/c1-24(2)34(38)41-23-29(19-20-31(41)37)45-28-17-11-25(12-18-28)21-33(43)39-32-22-30(35(3,4)5)40-42(32)26-13-15-27(16-14-26)44-46(9,10)36(6,7)8/h11-20,22-24,37-38H,21H2,1-10H3,(H,39,43). The molecule has 3 N–H and O–H groups in total. The van der Waals surface area contributed by atoms with E-state index in [-0.39, 0.29) is 34.2 Å². The summed E-state index contributed by atoms with van der Waals surface area (Å²) in [7, 11) is -1.97. The second-order valence-electron chi connectivity index (χ2n) is 14.6. The van der Waals surface area contributed by atoms with Crippen molar-refractivity contribution in [3.05, 3.63) is 89.7 Å². The molecule has 46 heavy (non-hydrogen) atoms. The highest BCUT2D eigenvalue weighted by Gasteiger charge is 2.39. The van der Waals surface area contributed by atoms with Crippen LogP contribution in [0, 0.1) is 16.7 Å². The largest absolute Gasteiger partial charge is 0.544 e. The molecule has 4 aromatic rings. The number of pyridine rings is 1. The number of carbonyl (C=O) groups excluding carboxylic acids is 1. The number of nitrogens with one attached hydrogen (secondary N) is 3. The highest BCUT2D eigenvalue weighted by molar-refractivity contribution is 7.99. The molecule has 2 aromatic carbocycles. The fourth-order valence-corrected chi connectivity index (χ4v) is 6.21. The van der Waals surface area contributed by atoms with Crippen molar-refractivity contribution >= 4 is 37.6 Å². The third kappa shape index (κ3) is 8.47. The minimum atomic E-state index is -1.97. The first-order valence-electron chi connectivity index (χ1n) is 15.7. The smallest absolute Gasteiger partial charge is 0.250 e. The van der Waals surface area contributed by atoms with Gasteiger partial charge in [-0.25, -0.2) is 4.68 Å². The number of benzene rings is 2. The summed E-state index contributed by atoms with van der Waals surface area (Å²) in [5.74, 6) is 1.74. The molecule has 1 amide bonds. The zero-order chi connectivity index (χ0) is 34.0. The first-order chi connectivity index (χ1) is 21.3. The number of anilines is 1. The molecule has 0 spiro atoms. The van der Waals surface area contributed by atoms with Crippen molar-refractivity contribution in [3.8, 4) is 11.4 Å². The van der Waals surface area contributed by atoms with Crippen LogP contribution in [0.25, 0.3) is 5.69 Å². The second-order valence-corrected chi connectivity index (χ2v) is 20.4.